The number of amides is 2. The molecule has 2 aromatic carbocycles. The lowest BCUT2D eigenvalue weighted by molar-refractivity contribution is -0.124. The maximum absolute atomic E-state index is 12.3. The zero-order valence-corrected chi connectivity index (χ0v) is 13.6. The first-order chi connectivity index (χ1) is 12.1. The summed E-state index contributed by atoms with van der Waals surface area (Å²) in [5, 5.41) is 8.56. The molecule has 3 rings (SSSR count). The van der Waals surface area contributed by atoms with Crippen LogP contribution in [-0.4, -0.2) is 36.3 Å². The molecule has 0 bridgehead atoms. The van der Waals surface area contributed by atoms with E-state index in [1.54, 1.807) is 23.5 Å². The van der Waals surface area contributed by atoms with Crippen LogP contribution in [0.4, 0.5) is 5.69 Å². The smallest absolute Gasteiger partial charge is 0.267 e. The molecule has 2 aromatic rings. The van der Waals surface area contributed by atoms with Gasteiger partial charge in [-0.25, -0.2) is 5.48 Å². The average Bonchev–Trinajstić information content (AvgIpc) is 2.78. The van der Waals surface area contributed by atoms with Gasteiger partial charge in [-0.05, 0) is 17.7 Å². The Morgan fingerprint density at radius 2 is 2.00 bits per heavy atom. The molecule has 1 aliphatic heterocycles. The summed E-state index contributed by atoms with van der Waals surface area (Å²) in [5.41, 5.74) is 5.55. The van der Waals surface area contributed by atoms with E-state index in [0.29, 0.717) is 0 Å². The minimum atomic E-state index is -0.620. The predicted molar refractivity (Wildman–Crippen MR) is 95.8 cm³/mol. The van der Waals surface area contributed by atoms with Gasteiger partial charge in [0.25, 0.3) is 5.91 Å². The van der Waals surface area contributed by atoms with E-state index in [1.165, 1.54) is 6.08 Å². The van der Waals surface area contributed by atoms with Gasteiger partial charge < -0.3 is 4.90 Å². The van der Waals surface area contributed by atoms with Crippen molar-refractivity contribution in [3.05, 3.63) is 71.3 Å². The summed E-state index contributed by atoms with van der Waals surface area (Å²) < 4.78 is 0. The summed E-state index contributed by atoms with van der Waals surface area (Å²) in [6.45, 7) is 0.0769. The molecule has 25 heavy (non-hydrogen) atoms. The SMILES string of the molecule is CN1C(=O)CN=C(c2ccccc2)c2ccc(/C=C\C(=O)NO)cc21. The highest BCUT2D eigenvalue weighted by molar-refractivity contribution is 6.19. The van der Waals surface area contributed by atoms with Crippen LogP contribution in [-0.2, 0) is 9.59 Å². The van der Waals surface area contributed by atoms with Gasteiger partial charge in [0.2, 0.25) is 5.91 Å². The van der Waals surface area contributed by atoms with Gasteiger partial charge in [0.15, 0.2) is 0 Å². The van der Waals surface area contributed by atoms with Crippen LogP contribution in [0.5, 0.6) is 0 Å². The summed E-state index contributed by atoms with van der Waals surface area (Å²) in [6.07, 6.45) is 2.78. The maximum Gasteiger partial charge on any atom is 0.267 e. The molecule has 0 saturated carbocycles. The molecule has 0 atom stereocenters. The molecule has 2 amide bonds. The lowest BCUT2D eigenvalue weighted by Gasteiger charge is -2.18. The third-order valence-electron chi connectivity index (χ3n) is 3.97. The molecular weight excluding hydrogens is 318 g/mol. The zero-order valence-electron chi connectivity index (χ0n) is 13.6. The second kappa shape index (κ2) is 7.11. The number of anilines is 1. The van der Waals surface area contributed by atoms with E-state index >= 15 is 0 Å². The zero-order chi connectivity index (χ0) is 17.8. The third kappa shape index (κ3) is 3.49. The van der Waals surface area contributed by atoms with Crippen molar-refractivity contribution in [3.8, 4) is 0 Å². The molecular formula is C19H17N3O3. The minimum Gasteiger partial charge on any atom is -0.313 e. The van der Waals surface area contributed by atoms with E-state index < -0.39 is 5.91 Å². The average molecular weight is 335 g/mol. The van der Waals surface area contributed by atoms with Crippen molar-refractivity contribution < 1.29 is 14.8 Å². The third-order valence-corrected chi connectivity index (χ3v) is 3.97. The Morgan fingerprint density at radius 3 is 2.72 bits per heavy atom. The van der Waals surface area contributed by atoms with Crippen molar-refractivity contribution in [1.82, 2.24) is 5.48 Å². The standard InChI is InChI=1S/C19H17N3O3/c1-22-16-11-13(8-10-17(23)21-25)7-9-15(16)19(20-12-18(22)24)14-5-3-2-4-6-14/h2-11,25H,12H2,1H3,(H,21,23)/b10-8-. The van der Waals surface area contributed by atoms with Crippen molar-refractivity contribution >= 4 is 29.3 Å². The Kier molecular flexibility index (Phi) is 4.72. The highest BCUT2D eigenvalue weighted by atomic mass is 16.5. The van der Waals surface area contributed by atoms with Crippen LogP contribution >= 0.6 is 0 Å². The molecule has 0 fully saturated rings. The molecule has 0 radical (unpaired) electrons. The number of carbonyl (C=O) groups excluding carboxylic acids is 2. The van der Waals surface area contributed by atoms with Gasteiger partial charge in [-0.1, -0.05) is 42.5 Å². The molecule has 0 aliphatic carbocycles. The van der Waals surface area contributed by atoms with Crippen molar-refractivity contribution in [2.45, 2.75) is 0 Å². The van der Waals surface area contributed by atoms with Gasteiger partial charge >= 0.3 is 0 Å². The summed E-state index contributed by atoms with van der Waals surface area (Å²) >= 11 is 0. The van der Waals surface area contributed by atoms with Crippen LogP contribution in [0.2, 0.25) is 0 Å². The summed E-state index contributed by atoms with van der Waals surface area (Å²) in [7, 11) is 1.71. The Balaban J connectivity index is 2.08. The molecule has 126 valence electrons. The fourth-order valence-electron chi connectivity index (χ4n) is 2.65. The van der Waals surface area contributed by atoms with E-state index in [4.69, 9.17) is 5.21 Å². The van der Waals surface area contributed by atoms with Gasteiger partial charge in [-0.2, -0.15) is 0 Å². The van der Waals surface area contributed by atoms with Gasteiger partial charge in [0, 0.05) is 24.3 Å². The number of aliphatic imine (C=N–C) groups is 1. The van der Waals surface area contributed by atoms with Crippen LogP contribution in [0.3, 0.4) is 0 Å². The number of nitrogens with zero attached hydrogens (tertiary/aromatic N) is 2. The lowest BCUT2D eigenvalue weighted by Crippen LogP contribution is -2.27. The molecule has 6 heteroatoms. The molecule has 0 aromatic heterocycles. The number of nitrogens with one attached hydrogen (secondary N) is 1. The number of fused-ring (bicyclic) bond motifs is 1. The second-order valence-corrected chi connectivity index (χ2v) is 5.57. The molecule has 2 N–H and O–H groups in total. The number of hydrogen-bond donors (Lipinski definition) is 2. The van der Waals surface area contributed by atoms with Crippen molar-refractivity contribution in [3.63, 3.8) is 0 Å². The maximum atomic E-state index is 12.3. The van der Waals surface area contributed by atoms with Gasteiger partial charge in [0.1, 0.15) is 6.54 Å². The number of benzodiazepines with no additional fused rings is 1. The first-order valence-electron chi connectivity index (χ1n) is 7.73. The van der Waals surface area contributed by atoms with E-state index in [9.17, 15) is 9.59 Å². The summed E-state index contributed by atoms with van der Waals surface area (Å²) in [5.74, 6) is -0.729. The van der Waals surface area contributed by atoms with Crippen LogP contribution in [0.25, 0.3) is 6.08 Å². The Labute approximate surface area is 145 Å². The number of hydrogen-bond acceptors (Lipinski definition) is 4. The normalized spacial score (nSPS) is 14.1. The van der Waals surface area contributed by atoms with E-state index in [0.717, 1.165) is 28.1 Å². The lowest BCUT2D eigenvalue weighted by atomic mass is 9.98. The van der Waals surface area contributed by atoms with Gasteiger partial charge in [0.05, 0.1) is 11.4 Å². The highest BCUT2D eigenvalue weighted by Crippen LogP contribution is 2.27. The number of hydroxylamine groups is 1. The molecule has 6 nitrogen and oxygen atoms in total. The van der Waals surface area contributed by atoms with E-state index in [1.807, 2.05) is 48.5 Å². The fourth-order valence-corrected chi connectivity index (χ4v) is 2.65. The van der Waals surface area contributed by atoms with Gasteiger partial charge in [-0.15, -0.1) is 0 Å². The number of rotatable bonds is 3. The Bertz CT molecular complexity index is 873. The van der Waals surface area contributed by atoms with Crippen molar-refractivity contribution in [2.75, 3.05) is 18.5 Å². The highest BCUT2D eigenvalue weighted by Gasteiger charge is 2.22. The molecule has 0 saturated heterocycles. The first-order valence-corrected chi connectivity index (χ1v) is 7.73. The first kappa shape index (κ1) is 16.6. The van der Waals surface area contributed by atoms with Gasteiger partial charge in [-0.3, -0.25) is 19.8 Å². The fraction of sp³-hybridized carbons (Fsp3) is 0.105. The van der Waals surface area contributed by atoms with Crippen molar-refractivity contribution in [2.24, 2.45) is 4.99 Å². The Hall–Kier alpha value is -3.25. The molecule has 0 spiro atoms. The number of likely N-dealkylation sites (N-methyl/N-ethyl adjacent to an activating group) is 1. The number of carbonyl (C=O) groups is 2. The van der Waals surface area contributed by atoms with E-state index in [2.05, 4.69) is 4.99 Å². The molecule has 0 unspecified atom stereocenters. The quantitative estimate of drug-likeness (QED) is 0.511. The van der Waals surface area contributed by atoms with E-state index in [-0.39, 0.29) is 12.5 Å². The second-order valence-electron chi connectivity index (χ2n) is 5.57. The van der Waals surface area contributed by atoms with Crippen LogP contribution < -0.4 is 10.4 Å². The summed E-state index contributed by atoms with van der Waals surface area (Å²) in [4.78, 5) is 29.5. The largest absolute Gasteiger partial charge is 0.313 e. The molecule has 1 aliphatic rings. The minimum absolute atomic E-state index is 0.0769. The van der Waals surface area contributed by atoms with Crippen molar-refractivity contribution in [1.29, 1.82) is 0 Å². The summed E-state index contributed by atoms with van der Waals surface area (Å²) in [6, 6.07) is 15.2. The van der Waals surface area contributed by atoms with Crippen LogP contribution in [0.1, 0.15) is 16.7 Å². The topological polar surface area (TPSA) is 82.0 Å². The number of benzene rings is 2. The van der Waals surface area contributed by atoms with Crippen LogP contribution in [0, 0.1) is 0 Å². The van der Waals surface area contributed by atoms with Crippen LogP contribution in [0.15, 0.2) is 59.6 Å². The Morgan fingerprint density at radius 1 is 1.24 bits per heavy atom. The molecule has 1 heterocycles. The predicted octanol–water partition coefficient (Wildman–Crippen LogP) is 2.02. The monoisotopic (exact) mass is 335 g/mol.